The molecule has 2 rings (SSSR count). The number of likely N-dealkylation sites (N-methyl/N-ethyl adjacent to an activating group) is 1. The minimum Gasteiger partial charge on any atom is -0.459 e. The van der Waals surface area contributed by atoms with Crippen LogP contribution < -0.4 is 5.32 Å². The summed E-state index contributed by atoms with van der Waals surface area (Å²) in [7, 11) is 6.99. The second kappa shape index (κ2) is 9.08. The van der Waals surface area contributed by atoms with Crippen LogP contribution in [0.25, 0.3) is 11.0 Å². The van der Waals surface area contributed by atoms with Crippen LogP contribution >= 0.6 is 0 Å². The highest BCUT2D eigenvalue weighted by Crippen LogP contribution is 2.19. The van der Waals surface area contributed by atoms with Gasteiger partial charge in [0, 0.05) is 40.2 Å². The van der Waals surface area contributed by atoms with Crippen molar-refractivity contribution in [3.63, 3.8) is 0 Å². The molecule has 1 heterocycles. The fraction of sp³-hybridized carbons (Fsp3) is 0.444. The number of carbonyl (C=O) groups is 1. The number of carbonyl (C=O) groups excluding carboxylic acids is 1. The molecule has 0 atom stereocenters. The van der Waals surface area contributed by atoms with Gasteiger partial charge in [-0.15, -0.1) is 0 Å². The first-order chi connectivity index (χ1) is 12.0. The maximum atomic E-state index is 11.8. The van der Waals surface area contributed by atoms with Gasteiger partial charge in [0.25, 0.3) is 0 Å². The fourth-order valence-corrected chi connectivity index (χ4v) is 2.28. The quantitative estimate of drug-likeness (QED) is 0.468. The average Bonchev–Trinajstić information content (AvgIpc) is 2.99. The predicted octanol–water partition coefficient (Wildman–Crippen LogP) is 1.54. The van der Waals surface area contributed by atoms with Gasteiger partial charge in [0.2, 0.25) is 5.91 Å². The van der Waals surface area contributed by atoms with Crippen LogP contribution in [0.5, 0.6) is 0 Å². The second-order valence-electron chi connectivity index (χ2n) is 5.95. The van der Waals surface area contributed by atoms with E-state index >= 15 is 0 Å². The number of hydrogen-bond acceptors (Lipinski definition) is 4. The van der Waals surface area contributed by atoms with Gasteiger partial charge >= 0.3 is 0 Å². The van der Waals surface area contributed by atoms with E-state index in [1.54, 1.807) is 21.2 Å². The number of methoxy groups -OCH3 is 1. The number of fused-ring (bicyclic) bond motifs is 1. The molecule has 1 N–H and O–H groups in total. The number of ether oxygens (including phenoxy) is 1. The van der Waals surface area contributed by atoms with E-state index in [0.29, 0.717) is 25.7 Å². The van der Waals surface area contributed by atoms with Crippen LogP contribution in [0.2, 0.25) is 0 Å². The second-order valence-corrected chi connectivity index (χ2v) is 5.95. The number of nitrogens with zero attached hydrogens (tertiary/aromatic N) is 3. The smallest absolute Gasteiger partial charge is 0.243 e. The first-order valence-corrected chi connectivity index (χ1v) is 8.17. The third kappa shape index (κ3) is 5.49. The topological polar surface area (TPSA) is 70.3 Å². The van der Waals surface area contributed by atoms with Gasteiger partial charge in [0.05, 0.1) is 13.2 Å². The summed E-state index contributed by atoms with van der Waals surface area (Å²) >= 11 is 0. The summed E-state index contributed by atoms with van der Waals surface area (Å²) in [5.74, 6) is 1.42. The van der Waals surface area contributed by atoms with Gasteiger partial charge in [0.1, 0.15) is 17.9 Å². The van der Waals surface area contributed by atoms with Crippen molar-refractivity contribution >= 4 is 22.8 Å². The Labute approximate surface area is 148 Å². The molecule has 0 unspecified atom stereocenters. The molecule has 0 radical (unpaired) electrons. The highest BCUT2D eigenvalue weighted by Gasteiger charge is 2.12. The van der Waals surface area contributed by atoms with E-state index in [4.69, 9.17) is 9.15 Å². The van der Waals surface area contributed by atoms with Crippen LogP contribution in [-0.2, 0) is 16.1 Å². The number of guanidine groups is 1. The molecule has 0 saturated carbocycles. The van der Waals surface area contributed by atoms with E-state index in [1.165, 1.54) is 4.90 Å². The van der Waals surface area contributed by atoms with Gasteiger partial charge in [-0.3, -0.25) is 4.79 Å². The molecule has 0 aliphatic rings. The van der Waals surface area contributed by atoms with Gasteiger partial charge in [0.15, 0.2) is 5.96 Å². The van der Waals surface area contributed by atoms with Gasteiger partial charge in [-0.25, -0.2) is 4.99 Å². The number of hydrogen-bond donors (Lipinski definition) is 1. The van der Waals surface area contributed by atoms with Crippen LogP contribution in [0.3, 0.4) is 0 Å². The number of para-hydroxylation sites is 1. The number of rotatable bonds is 7. The lowest BCUT2D eigenvalue weighted by atomic mass is 10.2. The van der Waals surface area contributed by atoms with E-state index < -0.39 is 0 Å². The molecule has 0 spiro atoms. The fourth-order valence-electron chi connectivity index (χ4n) is 2.28. The number of aliphatic imine (C=N–C) groups is 1. The number of nitrogens with one attached hydrogen (secondary N) is 1. The standard InChI is InChI=1S/C18H26N4O3/c1-21(2)17(23)12-20-18(19-9-10-24-4)22(3)13-15-11-14-7-5-6-8-16(14)25-15/h5-8,11H,9-10,12-13H2,1-4H3,(H,19,20). The number of amides is 1. The lowest BCUT2D eigenvalue weighted by Gasteiger charge is -2.21. The Balaban J connectivity index is 2.08. The molecule has 1 aromatic heterocycles. The number of benzene rings is 1. The monoisotopic (exact) mass is 346 g/mol. The third-order valence-corrected chi connectivity index (χ3v) is 3.68. The summed E-state index contributed by atoms with van der Waals surface area (Å²) in [5.41, 5.74) is 0.861. The highest BCUT2D eigenvalue weighted by atomic mass is 16.5. The number of furan rings is 1. The third-order valence-electron chi connectivity index (χ3n) is 3.68. The Morgan fingerprint density at radius 2 is 2.04 bits per heavy atom. The van der Waals surface area contributed by atoms with Crippen molar-refractivity contribution in [2.24, 2.45) is 4.99 Å². The Morgan fingerprint density at radius 3 is 2.72 bits per heavy atom. The SMILES string of the molecule is COCCNC(=NCC(=O)N(C)C)N(C)Cc1cc2ccccc2o1. The molecule has 2 aromatic rings. The maximum Gasteiger partial charge on any atom is 0.243 e. The molecule has 1 aromatic carbocycles. The largest absolute Gasteiger partial charge is 0.459 e. The Bertz CT molecular complexity index is 691. The minimum absolute atomic E-state index is 0.0526. The first-order valence-electron chi connectivity index (χ1n) is 8.17. The van der Waals surface area contributed by atoms with Crippen LogP contribution in [-0.4, -0.2) is 69.6 Å². The zero-order valence-electron chi connectivity index (χ0n) is 15.3. The summed E-state index contributed by atoms with van der Waals surface area (Å²) in [5, 5.41) is 4.28. The van der Waals surface area contributed by atoms with Crippen molar-refractivity contribution in [1.82, 2.24) is 15.1 Å². The molecule has 7 heteroatoms. The molecule has 1 amide bonds. The lowest BCUT2D eigenvalue weighted by molar-refractivity contribution is -0.127. The molecular formula is C18H26N4O3. The summed E-state index contributed by atoms with van der Waals surface area (Å²) in [6, 6.07) is 9.91. The van der Waals surface area contributed by atoms with Crippen molar-refractivity contribution in [1.29, 1.82) is 0 Å². The van der Waals surface area contributed by atoms with Crippen LogP contribution in [0, 0.1) is 0 Å². The maximum absolute atomic E-state index is 11.8. The van der Waals surface area contributed by atoms with E-state index in [-0.39, 0.29) is 12.5 Å². The molecule has 7 nitrogen and oxygen atoms in total. The van der Waals surface area contributed by atoms with E-state index in [9.17, 15) is 4.79 Å². The molecule has 0 bridgehead atoms. The average molecular weight is 346 g/mol. The minimum atomic E-state index is -0.0526. The molecule has 25 heavy (non-hydrogen) atoms. The summed E-state index contributed by atoms with van der Waals surface area (Å²) in [6.07, 6.45) is 0. The van der Waals surface area contributed by atoms with Gasteiger partial charge in [-0.05, 0) is 12.1 Å². The van der Waals surface area contributed by atoms with Gasteiger partial charge in [-0.1, -0.05) is 18.2 Å². The molecule has 0 aliphatic carbocycles. The molecule has 0 fully saturated rings. The van der Waals surface area contributed by atoms with E-state index in [0.717, 1.165) is 16.7 Å². The normalized spacial score (nSPS) is 11.6. The van der Waals surface area contributed by atoms with Crippen LogP contribution in [0.1, 0.15) is 5.76 Å². The molecular weight excluding hydrogens is 320 g/mol. The van der Waals surface area contributed by atoms with Gasteiger partial charge < -0.3 is 24.3 Å². The van der Waals surface area contributed by atoms with E-state index in [2.05, 4.69) is 10.3 Å². The van der Waals surface area contributed by atoms with Crippen LogP contribution in [0.15, 0.2) is 39.7 Å². The Morgan fingerprint density at radius 1 is 1.28 bits per heavy atom. The first kappa shape index (κ1) is 18.8. The zero-order chi connectivity index (χ0) is 18.2. The van der Waals surface area contributed by atoms with Crippen molar-refractivity contribution in [2.45, 2.75) is 6.54 Å². The Kier molecular flexibility index (Phi) is 6.82. The van der Waals surface area contributed by atoms with Crippen molar-refractivity contribution in [3.8, 4) is 0 Å². The van der Waals surface area contributed by atoms with Crippen LogP contribution in [0.4, 0.5) is 0 Å². The Hall–Kier alpha value is -2.54. The van der Waals surface area contributed by atoms with Gasteiger partial charge in [-0.2, -0.15) is 0 Å². The molecule has 0 aliphatic heterocycles. The summed E-state index contributed by atoms with van der Waals surface area (Å²) in [6.45, 7) is 1.80. The van der Waals surface area contributed by atoms with Crippen molar-refractivity contribution in [3.05, 3.63) is 36.1 Å². The molecule has 136 valence electrons. The summed E-state index contributed by atoms with van der Waals surface area (Å²) in [4.78, 5) is 19.7. The van der Waals surface area contributed by atoms with E-state index in [1.807, 2.05) is 42.3 Å². The highest BCUT2D eigenvalue weighted by molar-refractivity contribution is 5.85. The lowest BCUT2D eigenvalue weighted by Crippen LogP contribution is -2.40. The summed E-state index contributed by atoms with van der Waals surface area (Å²) < 4.78 is 10.9. The molecule has 0 saturated heterocycles. The zero-order valence-corrected chi connectivity index (χ0v) is 15.3. The van der Waals surface area contributed by atoms with Crippen molar-refractivity contribution in [2.75, 3.05) is 47.9 Å². The van der Waals surface area contributed by atoms with Crippen molar-refractivity contribution < 1.29 is 13.9 Å². The predicted molar refractivity (Wildman–Crippen MR) is 98.6 cm³/mol.